The van der Waals surface area contributed by atoms with Gasteiger partial charge in [0.2, 0.25) is 6.29 Å². The first-order chi connectivity index (χ1) is 25.2. The second-order valence-corrected chi connectivity index (χ2v) is 13.0. The van der Waals surface area contributed by atoms with E-state index in [1.807, 2.05) is 30.3 Å². The summed E-state index contributed by atoms with van der Waals surface area (Å²) in [6.45, 7) is 1.17. The van der Waals surface area contributed by atoms with Crippen LogP contribution in [0, 0.1) is 5.92 Å². The summed E-state index contributed by atoms with van der Waals surface area (Å²) >= 11 is 0. The van der Waals surface area contributed by atoms with E-state index in [1.165, 1.54) is 27.4 Å². The zero-order chi connectivity index (χ0) is 36.5. The lowest BCUT2D eigenvalue weighted by molar-refractivity contribution is -0.313. The van der Waals surface area contributed by atoms with Gasteiger partial charge in [-0.3, -0.25) is 4.79 Å². The van der Waals surface area contributed by atoms with Crippen molar-refractivity contribution in [1.82, 2.24) is 0 Å². The van der Waals surface area contributed by atoms with Gasteiger partial charge in [-0.25, -0.2) is 0 Å². The molecule has 2 fully saturated rings. The van der Waals surface area contributed by atoms with Crippen molar-refractivity contribution in [3.8, 4) is 23.0 Å². The van der Waals surface area contributed by atoms with Gasteiger partial charge in [-0.1, -0.05) is 72.8 Å². The molecule has 0 aromatic heterocycles. The van der Waals surface area contributed by atoms with E-state index in [0.717, 1.165) is 5.56 Å². The summed E-state index contributed by atoms with van der Waals surface area (Å²) in [7, 11) is 4.42. The molecule has 2 aliphatic heterocycles. The molecule has 4 aromatic carbocycles. The maximum atomic E-state index is 13.0. The predicted molar refractivity (Wildman–Crippen MR) is 185 cm³/mol. The lowest BCUT2D eigenvalue weighted by Crippen LogP contribution is -2.52. The largest absolute Gasteiger partial charge is 0.497 e. The first-order valence-corrected chi connectivity index (χ1v) is 17.1. The van der Waals surface area contributed by atoms with Crippen LogP contribution in [-0.4, -0.2) is 80.6 Å². The van der Waals surface area contributed by atoms with Crippen LogP contribution in [0.3, 0.4) is 0 Å². The number of hydrogen-bond acceptors (Lipinski definition) is 11. The molecule has 2 heterocycles. The highest BCUT2D eigenvalue weighted by Crippen LogP contribution is 2.70. The first-order valence-electron chi connectivity index (χ1n) is 17.1. The van der Waals surface area contributed by atoms with Crippen LogP contribution in [-0.2, 0) is 41.6 Å². The Morgan fingerprint density at radius 2 is 1.60 bits per heavy atom. The Hall–Kier alpha value is -4.69. The number of carboxylic acids is 1. The Morgan fingerprint density at radius 3 is 2.25 bits per heavy atom. The average Bonchev–Trinajstić information content (AvgIpc) is 3.55. The number of fused-ring (bicyclic) bond motifs is 3. The second-order valence-electron chi connectivity index (χ2n) is 13.0. The molecule has 0 amide bonds. The van der Waals surface area contributed by atoms with Gasteiger partial charge in [-0.2, -0.15) is 0 Å². The molecule has 3 aliphatic rings. The van der Waals surface area contributed by atoms with Crippen molar-refractivity contribution in [3.05, 3.63) is 119 Å². The minimum atomic E-state index is -2.30. The Balaban J connectivity index is 1.23. The molecule has 3 N–H and O–H groups in total. The molecule has 7 rings (SSSR count). The number of ether oxygens (including phenoxy) is 8. The van der Waals surface area contributed by atoms with Crippen LogP contribution in [0.5, 0.6) is 23.0 Å². The number of rotatable bonds is 13. The van der Waals surface area contributed by atoms with Crippen molar-refractivity contribution in [2.75, 3.05) is 34.5 Å². The highest BCUT2D eigenvalue weighted by Gasteiger charge is 2.78. The molecule has 1 aliphatic carbocycles. The van der Waals surface area contributed by atoms with E-state index in [4.69, 9.17) is 37.9 Å². The SMILES string of the molecule is COc1ccc([C@@]23Oc4cc(O[C@@H]5O[C@@H](CCOCc6ccccc6)CO[C@H]5OC)cc(OC)c4[C@]2(O)[C@H](O)[C@H](C(=O)O)[C@H]3c2ccccc2)cc1. The molecule has 4 aromatic rings. The first kappa shape index (κ1) is 35.7. The molecule has 8 atom stereocenters. The lowest BCUT2D eigenvalue weighted by Gasteiger charge is -2.40. The molecule has 0 unspecified atom stereocenters. The van der Waals surface area contributed by atoms with Crippen molar-refractivity contribution >= 4 is 5.97 Å². The van der Waals surface area contributed by atoms with Gasteiger partial charge in [0.05, 0.1) is 45.0 Å². The third-order valence-electron chi connectivity index (χ3n) is 10.2. The minimum Gasteiger partial charge on any atom is -0.497 e. The molecule has 0 bridgehead atoms. The molecule has 0 spiro atoms. The van der Waals surface area contributed by atoms with E-state index in [0.29, 0.717) is 36.5 Å². The predicted octanol–water partition coefficient (Wildman–Crippen LogP) is 4.74. The number of aliphatic hydroxyl groups excluding tert-OH is 1. The fourth-order valence-corrected chi connectivity index (χ4v) is 7.83. The standard InChI is InChI=1S/C40H42O12/c1-45-27-16-14-26(15-17-27)40-33(25-12-8-5-9-13-25)32(36(42)43)35(41)39(40,44)34-30(46-2)20-29(21-31(34)52-40)51-38-37(47-3)49-23-28(50-38)18-19-48-22-24-10-6-4-7-11-24/h4-17,20-21,28,32-33,35,37-38,41,44H,18-19,22-23H2,1-3H3,(H,42,43)/t28-,32+,33+,35+,37+,38-,39-,40-/m0/s1. The molecule has 274 valence electrons. The fourth-order valence-electron chi connectivity index (χ4n) is 7.83. The van der Waals surface area contributed by atoms with Gasteiger partial charge in [0.25, 0.3) is 6.29 Å². The number of methoxy groups -OCH3 is 3. The van der Waals surface area contributed by atoms with Gasteiger partial charge in [0.15, 0.2) is 11.2 Å². The smallest absolute Gasteiger partial charge is 0.310 e. The number of carboxylic acid groups (broad SMARTS) is 1. The molecular formula is C40H42O12. The van der Waals surface area contributed by atoms with Crippen molar-refractivity contribution < 1.29 is 58.0 Å². The van der Waals surface area contributed by atoms with Crippen LogP contribution in [0.4, 0.5) is 0 Å². The number of hydrogen-bond donors (Lipinski definition) is 3. The summed E-state index contributed by atoms with van der Waals surface area (Å²) in [5.41, 5.74) is -1.99. The molecule has 52 heavy (non-hydrogen) atoms. The third kappa shape index (κ3) is 6.05. The van der Waals surface area contributed by atoms with Crippen molar-refractivity contribution in [2.24, 2.45) is 5.92 Å². The Labute approximate surface area is 301 Å². The van der Waals surface area contributed by atoms with Gasteiger partial charge in [0.1, 0.15) is 29.1 Å². The normalized spacial score (nSPS) is 29.1. The molecule has 12 nitrogen and oxygen atoms in total. The Bertz CT molecular complexity index is 1840. The van der Waals surface area contributed by atoms with Gasteiger partial charge in [-0.05, 0) is 35.2 Å². The third-order valence-corrected chi connectivity index (χ3v) is 10.2. The maximum Gasteiger partial charge on any atom is 0.310 e. The van der Waals surface area contributed by atoms with E-state index in [1.54, 1.807) is 60.7 Å². The molecule has 1 saturated carbocycles. The van der Waals surface area contributed by atoms with E-state index < -0.39 is 47.7 Å². The summed E-state index contributed by atoms with van der Waals surface area (Å²) in [6.07, 6.45) is -3.50. The second kappa shape index (κ2) is 14.7. The quantitative estimate of drug-likeness (QED) is 0.164. The van der Waals surface area contributed by atoms with Crippen LogP contribution in [0.1, 0.15) is 34.6 Å². The lowest BCUT2D eigenvalue weighted by atomic mass is 9.70. The van der Waals surface area contributed by atoms with Gasteiger partial charge in [0, 0.05) is 31.8 Å². The van der Waals surface area contributed by atoms with E-state index >= 15 is 0 Å². The number of benzene rings is 4. The van der Waals surface area contributed by atoms with Crippen molar-refractivity contribution in [2.45, 2.75) is 54.9 Å². The monoisotopic (exact) mass is 714 g/mol. The zero-order valence-electron chi connectivity index (χ0n) is 29.0. The topological polar surface area (TPSA) is 152 Å². The van der Waals surface area contributed by atoms with Crippen molar-refractivity contribution in [3.63, 3.8) is 0 Å². The summed E-state index contributed by atoms with van der Waals surface area (Å²) in [5, 5.41) is 35.6. The van der Waals surface area contributed by atoms with Gasteiger partial charge in [-0.15, -0.1) is 0 Å². The van der Waals surface area contributed by atoms with Crippen molar-refractivity contribution in [1.29, 1.82) is 0 Å². The summed E-state index contributed by atoms with van der Waals surface area (Å²) < 4.78 is 48.0. The fraction of sp³-hybridized carbons (Fsp3) is 0.375. The van der Waals surface area contributed by atoms with E-state index in [9.17, 15) is 20.1 Å². The maximum absolute atomic E-state index is 13.0. The Morgan fingerprint density at radius 1 is 0.885 bits per heavy atom. The van der Waals surface area contributed by atoms with E-state index in [2.05, 4.69) is 0 Å². The Kier molecular flexibility index (Phi) is 10.1. The van der Waals surface area contributed by atoms with Crippen LogP contribution in [0.2, 0.25) is 0 Å². The molecule has 12 heteroatoms. The number of aliphatic carboxylic acids is 1. The van der Waals surface area contributed by atoms with Crippen LogP contribution in [0.15, 0.2) is 97.1 Å². The highest BCUT2D eigenvalue weighted by atomic mass is 16.8. The van der Waals surface area contributed by atoms with Gasteiger partial charge >= 0.3 is 5.97 Å². The minimum absolute atomic E-state index is 0.0906. The summed E-state index contributed by atoms with van der Waals surface area (Å²) in [4.78, 5) is 13.0. The van der Waals surface area contributed by atoms with Crippen LogP contribution in [0.25, 0.3) is 0 Å². The summed E-state index contributed by atoms with van der Waals surface area (Å²) in [6, 6.07) is 28.6. The van der Waals surface area contributed by atoms with Gasteiger partial charge < -0.3 is 53.2 Å². The summed E-state index contributed by atoms with van der Waals surface area (Å²) in [5.74, 6) is -2.79. The number of carbonyl (C=O) groups is 1. The molecule has 0 radical (unpaired) electrons. The molecular weight excluding hydrogens is 672 g/mol. The zero-order valence-corrected chi connectivity index (χ0v) is 29.0. The average molecular weight is 715 g/mol. The van der Waals surface area contributed by atoms with Crippen LogP contribution >= 0.6 is 0 Å². The number of aliphatic hydroxyl groups is 2. The highest BCUT2D eigenvalue weighted by molar-refractivity contribution is 5.77. The van der Waals surface area contributed by atoms with E-state index in [-0.39, 0.29) is 35.5 Å². The molecule has 1 saturated heterocycles. The van der Waals surface area contributed by atoms with Crippen LogP contribution < -0.4 is 18.9 Å².